The van der Waals surface area contributed by atoms with Crippen molar-refractivity contribution >= 4 is 28.9 Å². The van der Waals surface area contributed by atoms with Crippen LogP contribution in [0.1, 0.15) is 6.92 Å². The van der Waals surface area contributed by atoms with Gasteiger partial charge in [-0.15, -0.1) is 0 Å². The van der Waals surface area contributed by atoms with Crippen molar-refractivity contribution in [2.45, 2.75) is 13.0 Å². The lowest BCUT2D eigenvalue weighted by atomic mass is 10.3. The van der Waals surface area contributed by atoms with E-state index in [1.54, 1.807) is 13.0 Å². The lowest BCUT2D eigenvalue weighted by molar-refractivity contribution is -0.146. The van der Waals surface area contributed by atoms with Crippen LogP contribution in [-0.4, -0.2) is 34.5 Å². The van der Waals surface area contributed by atoms with Crippen LogP contribution in [0.2, 0.25) is 0 Å². The van der Waals surface area contributed by atoms with Crippen molar-refractivity contribution < 1.29 is 14.3 Å². The smallest absolute Gasteiger partial charge is 0.332 e. The van der Waals surface area contributed by atoms with E-state index in [0.29, 0.717) is 5.52 Å². The number of imidazole rings is 1. The van der Waals surface area contributed by atoms with Gasteiger partial charge >= 0.3 is 5.97 Å². The molecular formula is C12H14N4O3. The Morgan fingerprint density at radius 1 is 1.47 bits per heavy atom. The highest BCUT2D eigenvalue weighted by Crippen LogP contribution is 2.13. The van der Waals surface area contributed by atoms with E-state index in [9.17, 15) is 9.59 Å². The van der Waals surface area contributed by atoms with Crippen molar-refractivity contribution in [3.8, 4) is 0 Å². The maximum absolute atomic E-state index is 11.7. The van der Waals surface area contributed by atoms with Crippen molar-refractivity contribution in [2.24, 2.45) is 5.73 Å². The first-order valence-corrected chi connectivity index (χ1v) is 5.79. The largest absolute Gasteiger partial charge is 0.464 e. The molecule has 7 heteroatoms. The third-order valence-electron chi connectivity index (χ3n) is 2.45. The van der Waals surface area contributed by atoms with Gasteiger partial charge in [0.25, 0.3) is 5.91 Å². The SMILES string of the molecule is CCOC(=O)C(N)C(=O)Nc1nc2ccccc2[nH]1. The summed E-state index contributed by atoms with van der Waals surface area (Å²) in [5.41, 5.74) is 6.95. The molecule has 2 aromatic rings. The summed E-state index contributed by atoms with van der Waals surface area (Å²) >= 11 is 0. The maximum Gasteiger partial charge on any atom is 0.332 e. The number of aromatic nitrogens is 2. The molecule has 100 valence electrons. The summed E-state index contributed by atoms with van der Waals surface area (Å²) in [5.74, 6) is -1.19. The molecule has 1 aromatic heterocycles. The monoisotopic (exact) mass is 262 g/mol. The van der Waals surface area contributed by atoms with Crippen LogP contribution in [0, 0.1) is 0 Å². The number of carbonyl (C=O) groups excluding carboxylic acids is 2. The molecule has 0 bridgehead atoms. The van der Waals surface area contributed by atoms with Crippen LogP contribution in [0.25, 0.3) is 11.0 Å². The summed E-state index contributed by atoms with van der Waals surface area (Å²) in [7, 11) is 0. The summed E-state index contributed by atoms with van der Waals surface area (Å²) in [6.45, 7) is 1.81. The van der Waals surface area contributed by atoms with Crippen LogP contribution >= 0.6 is 0 Å². The zero-order valence-corrected chi connectivity index (χ0v) is 10.3. The molecule has 1 heterocycles. The molecule has 1 amide bonds. The number of rotatable bonds is 4. The molecule has 0 aliphatic rings. The maximum atomic E-state index is 11.7. The van der Waals surface area contributed by atoms with Crippen LogP contribution in [0.3, 0.4) is 0 Å². The van der Waals surface area contributed by atoms with Crippen LogP contribution in [0.15, 0.2) is 24.3 Å². The van der Waals surface area contributed by atoms with Gasteiger partial charge < -0.3 is 15.5 Å². The van der Waals surface area contributed by atoms with Crippen molar-refractivity contribution in [1.82, 2.24) is 9.97 Å². The van der Waals surface area contributed by atoms with Gasteiger partial charge in [0.05, 0.1) is 17.6 Å². The van der Waals surface area contributed by atoms with E-state index in [4.69, 9.17) is 5.73 Å². The molecule has 0 aliphatic heterocycles. The molecule has 1 atom stereocenters. The van der Waals surface area contributed by atoms with E-state index in [1.807, 2.05) is 18.2 Å². The Morgan fingerprint density at radius 2 is 2.21 bits per heavy atom. The number of para-hydroxylation sites is 2. The van der Waals surface area contributed by atoms with Crippen molar-refractivity contribution in [2.75, 3.05) is 11.9 Å². The first kappa shape index (κ1) is 13.0. The first-order chi connectivity index (χ1) is 9.11. The zero-order chi connectivity index (χ0) is 13.8. The average molecular weight is 262 g/mol. The van der Waals surface area contributed by atoms with Gasteiger partial charge in [0.15, 0.2) is 6.04 Å². The van der Waals surface area contributed by atoms with Gasteiger partial charge in [-0.05, 0) is 19.1 Å². The number of ether oxygens (including phenoxy) is 1. The average Bonchev–Trinajstić information content (AvgIpc) is 2.80. The fourth-order valence-electron chi connectivity index (χ4n) is 1.55. The molecule has 0 saturated heterocycles. The second kappa shape index (κ2) is 5.49. The molecule has 0 radical (unpaired) electrons. The Labute approximate surface area is 109 Å². The number of hydrogen-bond donors (Lipinski definition) is 3. The van der Waals surface area contributed by atoms with E-state index in [0.717, 1.165) is 5.52 Å². The van der Waals surface area contributed by atoms with Gasteiger partial charge in [0.2, 0.25) is 5.95 Å². The van der Waals surface area contributed by atoms with Crippen LogP contribution in [0.4, 0.5) is 5.95 Å². The number of H-pyrrole nitrogens is 1. The van der Waals surface area contributed by atoms with Gasteiger partial charge in [-0.25, -0.2) is 9.78 Å². The predicted molar refractivity (Wildman–Crippen MR) is 69.3 cm³/mol. The highest BCUT2D eigenvalue weighted by atomic mass is 16.5. The Hall–Kier alpha value is -2.41. The Balaban J connectivity index is 2.08. The predicted octanol–water partition coefficient (Wildman–Crippen LogP) is 0.392. The Bertz CT molecular complexity index is 575. The quantitative estimate of drug-likeness (QED) is 0.545. The fourth-order valence-corrected chi connectivity index (χ4v) is 1.55. The molecule has 0 spiro atoms. The van der Waals surface area contributed by atoms with E-state index < -0.39 is 17.9 Å². The van der Waals surface area contributed by atoms with E-state index in [2.05, 4.69) is 20.0 Å². The highest BCUT2D eigenvalue weighted by molar-refractivity contribution is 6.07. The molecule has 0 aliphatic carbocycles. The van der Waals surface area contributed by atoms with Crippen molar-refractivity contribution in [3.05, 3.63) is 24.3 Å². The lowest BCUT2D eigenvalue weighted by Crippen LogP contribution is -2.43. The standard InChI is InChI=1S/C12H14N4O3/c1-2-19-11(18)9(13)10(17)16-12-14-7-5-3-4-6-8(7)15-12/h3-6,9H,2,13H2,1H3,(H2,14,15,16,17). The number of esters is 1. The number of hydrogen-bond acceptors (Lipinski definition) is 5. The molecule has 7 nitrogen and oxygen atoms in total. The minimum absolute atomic E-state index is 0.171. The Kier molecular flexibility index (Phi) is 3.76. The summed E-state index contributed by atoms with van der Waals surface area (Å²) < 4.78 is 4.67. The molecule has 0 fully saturated rings. The van der Waals surface area contributed by atoms with Crippen LogP contribution in [0.5, 0.6) is 0 Å². The van der Waals surface area contributed by atoms with Gasteiger partial charge in [0.1, 0.15) is 0 Å². The number of carbonyl (C=O) groups is 2. The summed E-state index contributed by atoms with van der Waals surface area (Å²) in [4.78, 5) is 30.1. The number of nitrogens with zero attached hydrogens (tertiary/aromatic N) is 1. The summed E-state index contributed by atoms with van der Waals surface area (Å²) in [5, 5.41) is 2.44. The van der Waals surface area contributed by atoms with E-state index in [-0.39, 0.29) is 12.6 Å². The minimum atomic E-state index is -1.37. The second-order valence-electron chi connectivity index (χ2n) is 3.82. The number of benzene rings is 1. The number of nitrogens with one attached hydrogen (secondary N) is 2. The van der Waals surface area contributed by atoms with Crippen molar-refractivity contribution in [3.63, 3.8) is 0 Å². The number of aromatic amines is 1. The van der Waals surface area contributed by atoms with Crippen LogP contribution < -0.4 is 11.1 Å². The molecule has 2 rings (SSSR count). The zero-order valence-electron chi connectivity index (χ0n) is 10.3. The summed E-state index contributed by atoms with van der Waals surface area (Å²) in [6.07, 6.45) is 0. The van der Waals surface area contributed by atoms with Gasteiger partial charge in [-0.1, -0.05) is 12.1 Å². The van der Waals surface area contributed by atoms with Crippen molar-refractivity contribution in [1.29, 1.82) is 0 Å². The third kappa shape index (κ3) is 2.89. The van der Waals surface area contributed by atoms with Crippen LogP contribution in [-0.2, 0) is 14.3 Å². The number of anilines is 1. The minimum Gasteiger partial charge on any atom is -0.464 e. The van der Waals surface area contributed by atoms with Gasteiger partial charge in [0, 0.05) is 0 Å². The number of fused-ring (bicyclic) bond motifs is 1. The Morgan fingerprint density at radius 3 is 2.89 bits per heavy atom. The molecular weight excluding hydrogens is 248 g/mol. The fraction of sp³-hybridized carbons (Fsp3) is 0.250. The second-order valence-corrected chi connectivity index (χ2v) is 3.82. The van der Waals surface area contributed by atoms with Gasteiger partial charge in [-0.3, -0.25) is 10.1 Å². The normalized spacial score (nSPS) is 12.1. The topological polar surface area (TPSA) is 110 Å². The molecule has 4 N–H and O–H groups in total. The molecule has 0 saturated carbocycles. The van der Waals surface area contributed by atoms with E-state index >= 15 is 0 Å². The molecule has 1 unspecified atom stereocenters. The lowest BCUT2D eigenvalue weighted by Gasteiger charge is -2.09. The highest BCUT2D eigenvalue weighted by Gasteiger charge is 2.24. The molecule has 19 heavy (non-hydrogen) atoms. The third-order valence-corrected chi connectivity index (χ3v) is 2.45. The molecule has 1 aromatic carbocycles. The van der Waals surface area contributed by atoms with E-state index in [1.165, 1.54) is 0 Å². The number of nitrogens with two attached hydrogens (primary N) is 1. The summed E-state index contributed by atoms with van der Waals surface area (Å²) in [6, 6.07) is 5.93. The first-order valence-electron chi connectivity index (χ1n) is 5.79. The number of amides is 1. The van der Waals surface area contributed by atoms with Gasteiger partial charge in [-0.2, -0.15) is 0 Å².